The lowest BCUT2D eigenvalue weighted by molar-refractivity contribution is 0.216. The topological polar surface area (TPSA) is 40.4 Å². The Morgan fingerprint density at radius 1 is 1.22 bits per heavy atom. The molecule has 4 nitrogen and oxygen atoms in total. The van der Waals surface area contributed by atoms with E-state index in [1.54, 1.807) is 6.26 Å². The standard InChI is InChI=1S/C17H20ClN3OS/c18-13-5-7-14(8-6-13)20-17(23)19-12-15(16-4-3-11-22-16)21-9-1-2-10-21/h3-8,11,15H,1-2,9-10,12H2,(H2,19,20,23)/t15-/m0/s1. The van der Waals surface area contributed by atoms with Crippen molar-refractivity contribution in [1.82, 2.24) is 10.2 Å². The molecule has 23 heavy (non-hydrogen) atoms. The summed E-state index contributed by atoms with van der Waals surface area (Å²) in [6, 6.07) is 11.6. The molecule has 1 fully saturated rings. The average Bonchev–Trinajstić information content (AvgIpc) is 3.24. The van der Waals surface area contributed by atoms with E-state index >= 15 is 0 Å². The van der Waals surface area contributed by atoms with Gasteiger partial charge >= 0.3 is 0 Å². The second kappa shape index (κ2) is 7.81. The van der Waals surface area contributed by atoms with Crippen LogP contribution in [0.3, 0.4) is 0 Å². The van der Waals surface area contributed by atoms with Crippen LogP contribution in [0.5, 0.6) is 0 Å². The van der Waals surface area contributed by atoms with Gasteiger partial charge in [-0.3, -0.25) is 4.90 Å². The molecular weight excluding hydrogens is 330 g/mol. The Morgan fingerprint density at radius 3 is 2.61 bits per heavy atom. The molecule has 0 bridgehead atoms. The number of nitrogens with one attached hydrogen (secondary N) is 2. The Bertz CT molecular complexity index is 624. The monoisotopic (exact) mass is 349 g/mol. The maximum absolute atomic E-state index is 5.89. The summed E-state index contributed by atoms with van der Waals surface area (Å²) in [6.45, 7) is 2.92. The number of hydrogen-bond acceptors (Lipinski definition) is 3. The summed E-state index contributed by atoms with van der Waals surface area (Å²) in [6.07, 6.45) is 4.21. The predicted octanol–water partition coefficient (Wildman–Crippen LogP) is 4.06. The maximum atomic E-state index is 5.89. The Morgan fingerprint density at radius 2 is 1.96 bits per heavy atom. The fourth-order valence-electron chi connectivity index (χ4n) is 2.84. The first-order valence-electron chi connectivity index (χ1n) is 7.80. The van der Waals surface area contributed by atoms with E-state index in [4.69, 9.17) is 28.2 Å². The Hall–Kier alpha value is -1.56. The number of benzene rings is 1. The lowest BCUT2D eigenvalue weighted by atomic mass is 10.2. The highest BCUT2D eigenvalue weighted by molar-refractivity contribution is 7.80. The molecular formula is C17H20ClN3OS. The van der Waals surface area contributed by atoms with Crippen molar-refractivity contribution in [3.8, 4) is 0 Å². The van der Waals surface area contributed by atoms with Crippen molar-refractivity contribution >= 4 is 34.6 Å². The van der Waals surface area contributed by atoms with E-state index in [-0.39, 0.29) is 6.04 Å². The van der Waals surface area contributed by atoms with Crippen LogP contribution in [0.2, 0.25) is 5.02 Å². The molecule has 1 saturated heterocycles. The van der Waals surface area contributed by atoms with Crippen LogP contribution in [-0.2, 0) is 0 Å². The van der Waals surface area contributed by atoms with Crippen molar-refractivity contribution < 1.29 is 4.42 Å². The third-order valence-corrected chi connectivity index (χ3v) is 4.51. The number of halogens is 1. The molecule has 1 aromatic heterocycles. The number of anilines is 1. The van der Waals surface area contributed by atoms with Gasteiger partial charge in [0.15, 0.2) is 5.11 Å². The Balaban J connectivity index is 1.57. The van der Waals surface area contributed by atoms with Gasteiger partial charge in [0.2, 0.25) is 0 Å². The van der Waals surface area contributed by atoms with Gasteiger partial charge < -0.3 is 15.1 Å². The highest BCUT2D eigenvalue weighted by Crippen LogP contribution is 2.24. The highest BCUT2D eigenvalue weighted by atomic mass is 35.5. The van der Waals surface area contributed by atoms with E-state index in [0.717, 1.165) is 24.5 Å². The zero-order chi connectivity index (χ0) is 16.1. The van der Waals surface area contributed by atoms with Gasteiger partial charge in [-0.1, -0.05) is 11.6 Å². The lowest BCUT2D eigenvalue weighted by Crippen LogP contribution is -2.38. The zero-order valence-corrected chi connectivity index (χ0v) is 14.4. The van der Waals surface area contributed by atoms with E-state index < -0.39 is 0 Å². The van der Waals surface area contributed by atoms with Gasteiger partial charge in [-0.15, -0.1) is 0 Å². The first kappa shape index (κ1) is 16.3. The highest BCUT2D eigenvalue weighted by Gasteiger charge is 2.25. The first-order valence-corrected chi connectivity index (χ1v) is 8.59. The van der Waals surface area contributed by atoms with Crippen molar-refractivity contribution in [2.45, 2.75) is 18.9 Å². The van der Waals surface area contributed by atoms with Crippen LogP contribution in [0.25, 0.3) is 0 Å². The number of nitrogens with zero attached hydrogens (tertiary/aromatic N) is 1. The van der Waals surface area contributed by atoms with Crippen molar-refractivity contribution in [3.63, 3.8) is 0 Å². The fourth-order valence-corrected chi connectivity index (χ4v) is 3.17. The van der Waals surface area contributed by atoms with Crippen LogP contribution < -0.4 is 10.6 Å². The average molecular weight is 350 g/mol. The van der Waals surface area contributed by atoms with E-state index in [9.17, 15) is 0 Å². The molecule has 2 N–H and O–H groups in total. The second-order valence-electron chi connectivity index (χ2n) is 5.62. The van der Waals surface area contributed by atoms with Crippen LogP contribution in [-0.4, -0.2) is 29.6 Å². The number of thiocarbonyl (C=S) groups is 1. The molecule has 1 aliphatic rings. The summed E-state index contributed by atoms with van der Waals surface area (Å²) in [5, 5.41) is 7.78. The summed E-state index contributed by atoms with van der Waals surface area (Å²) in [7, 11) is 0. The normalized spacial score (nSPS) is 16.2. The van der Waals surface area contributed by atoms with Crippen molar-refractivity contribution in [2.75, 3.05) is 25.0 Å². The van der Waals surface area contributed by atoms with Crippen LogP contribution in [0.4, 0.5) is 5.69 Å². The molecule has 1 aromatic carbocycles. The molecule has 2 heterocycles. The van der Waals surface area contributed by atoms with Gasteiger partial charge in [-0.05, 0) is 74.5 Å². The van der Waals surface area contributed by atoms with Crippen molar-refractivity contribution in [2.24, 2.45) is 0 Å². The molecule has 0 radical (unpaired) electrons. The van der Waals surface area contributed by atoms with Gasteiger partial charge in [-0.2, -0.15) is 0 Å². The third kappa shape index (κ3) is 4.47. The molecule has 0 unspecified atom stereocenters. The largest absolute Gasteiger partial charge is 0.468 e. The lowest BCUT2D eigenvalue weighted by Gasteiger charge is -2.26. The van der Waals surface area contributed by atoms with E-state index in [1.807, 2.05) is 36.4 Å². The third-order valence-electron chi connectivity index (χ3n) is 4.01. The minimum Gasteiger partial charge on any atom is -0.468 e. The van der Waals surface area contributed by atoms with Gasteiger partial charge in [0.05, 0.1) is 12.3 Å². The summed E-state index contributed by atoms with van der Waals surface area (Å²) in [5.74, 6) is 0.980. The zero-order valence-electron chi connectivity index (χ0n) is 12.8. The quantitative estimate of drug-likeness (QED) is 0.797. The molecule has 122 valence electrons. The number of rotatable bonds is 5. The SMILES string of the molecule is S=C(NC[C@@H](c1ccco1)N1CCCC1)Nc1ccc(Cl)cc1. The van der Waals surface area contributed by atoms with E-state index in [0.29, 0.717) is 16.7 Å². The van der Waals surface area contributed by atoms with Crippen molar-refractivity contribution in [3.05, 3.63) is 53.4 Å². The summed E-state index contributed by atoms with van der Waals surface area (Å²) in [5.41, 5.74) is 0.919. The molecule has 0 aliphatic carbocycles. The summed E-state index contributed by atoms with van der Waals surface area (Å²) >= 11 is 11.3. The fraction of sp³-hybridized carbons (Fsp3) is 0.353. The molecule has 3 rings (SSSR count). The van der Waals surface area contributed by atoms with Crippen LogP contribution >= 0.6 is 23.8 Å². The Labute approximate surface area is 146 Å². The van der Waals surface area contributed by atoms with E-state index in [2.05, 4.69) is 15.5 Å². The molecule has 1 atom stereocenters. The number of furan rings is 1. The molecule has 6 heteroatoms. The van der Waals surface area contributed by atoms with Crippen molar-refractivity contribution in [1.29, 1.82) is 0 Å². The molecule has 0 saturated carbocycles. The number of hydrogen-bond donors (Lipinski definition) is 2. The predicted molar refractivity (Wildman–Crippen MR) is 97.9 cm³/mol. The second-order valence-corrected chi connectivity index (χ2v) is 6.46. The minimum atomic E-state index is 0.206. The maximum Gasteiger partial charge on any atom is 0.170 e. The van der Waals surface area contributed by atoms with Gasteiger partial charge in [-0.25, -0.2) is 0 Å². The van der Waals surface area contributed by atoms with Gasteiger partial charge in [0.1, 0.15) is 5.76 Å². The Kier molecular flexibility index (Phi) is 5.54. The van der Waals surface area contributed by atoms with Crippen LogP contribution in [0, 0.1) is 0 Å². The summed E-state index contributed by atoms with van der Waals surface area (Å²) < 4.78 is 5.61. The van der Waals surface area contributed by atoms with E-state index in [1.165, 1.54) is 12.8 Å². The van der Waals surface area contributed by atoms with Crippen LogP contribution in [0.15, 0.2) is 47.1 Å². The molecule has 1 aliphatic heterocycles. The molecule has 2 aromatic rings. The molecule has 0 amide bonds. The molecule has 0 spiro atoms. The number of likely N-dealkylation sites (tertiary alicyclic amines) is 1. The first-order chi connectivity index (χ1) is 11.2. The summed E-state index contributed by atoms with van der Waals surface area (Å²) in [4.78, 5) is 2.44. The van der Waals surface area contributed by atoms with Gasteiger partial charge in [0.25, 0.3) is 0 Å². The van der Waals surface area contributed by atoms with Crippen LogP contribution in [0.1, 0.15) is 24.6 Å². The van der Waals surface area contributed by atoms with Gasteiger partial charge in [0, 0.05) is 17.3 Å². The minimum absolute atomic E-state index is 0.206. The smallest absolute Gasteiger partial charge is 0.170 e.